The van der Waals surface area contributed by atoms with Crippen molar-refractivity contribution in [3.05, 3.63) is 41.5 Å². The van der Waals surface area contributed by atoms with Crippen molar-refractivity contribution in [2.24, 2.45) is 5.92 Å². The molecule has 0 aliphatic rings. The minimum Gasteiger partial charge on any atom is -0.507 e. The fourth-order valence-electron chi connectivity index (χ4n) is 2.44. The third-order valence-electron chi connectivity index (χ3n) is 3.39. The van der Waals surface area contributed by atoms with Gasteiger partial charge >= 0.3 is 0 Å². The predicted octanol–water partition coefficient (Wildman–Crippen LogP) is 3.93. The molecule has 0 spiro atoms. The van der Waals surface area contributed by atoms with E-state index in [1.165, 1.54) is 0 Å². The second kappa shape index (κ2) is 4.99. The third kappa shape index (κ3) is 2.34. The second-order valence-electron chi connectivity index (χ2n) is 5.30. The molecule has 0 fully saturated rings. The molecular weight excluding hydrogens is 224 g/mol. The van der Waals surface area contributed by atoms with Crippen LogP contribution in [0.5, 0.6) is 5.75 Å². The molecule has 0 heterocycles. The van der Waals surface area contributed by atoms with Gasteiger partial charge in [-0.1, -0.05) is 38.1 Å². The van der Waals surface area contributed by atoms with Gasteiger partial charge < -0.3 is 10.2 Å². The molecule has 0 radical (unpaired) electrons. The lowest BCUT2D eigenvalue weighted by Gasteiger charge is -2.18. The molecular formula is C16H20O2. The Morgan fingerprint density at radius 1 is 1.11 bits per heavy atom. The molecule has 0 bridgehead atoms. The molecule has 0 aliphatic carbocycles. The van der Waals surface area contributed by atoms with Crippen LogP contribution in [-0.2, 0) is 0 Å². The Morgan fingerprint density at radius 3 is 2.33 bits per heavy atom. The average molecular weight is 244 g/mol. The smallest absolute Gasteiger partial charge is 0.123 e. The standard InChI is InChI=1S/C16H20O2/c1-10(2)8-15(17)14-9-16(18)13-7-5-4-6-12(13)11(14)3/h4-7,9-10,15,17-18H,8H2,1-3H3. The number of phenolic OH excluding ortho intramolecular Hbond substituents is 1. The van der Waals surface area contributed by atoms with Gasteiger partial charge in [0.2, 0.25) is 0 Å². The Kier molecular flexibility index (Phi) is 3.58. The summed E-state index contributed by atoms with van der Waals surface area (Å²) >= 11 is 0. The molecule has 2 rings (SSSR count). The van der Waals surface area contributed by atoms with E-state index < -0.39 is 6.10 Å². The molecule has 2 aromatic carbocycles. The monoisotopic (exact) mass is 244 g/mol. The summed E-state index contributed by atoms with van der Waals surface area (Å²) in [7, 11) is 0. The maximum absolute atomic E-state index is 10.2. The van der Waals surface area contributed by atoms with Crippen LogP contribution in [0.1, 0.15) is 37.5 Å². The topological polar surface area (TPSA) is 40.5 Å². The Morgan fingerprint density at radius 2 is 1.72 bits per heavy atom. The van der Waals surface area contributed by atoms with E-state index in [9.17, 15) is 10.2 Å². The van der Waals surface area contributed by atoms with Crippen molar-refractivity contribution in [1.29, 1.82) is 0 Å². The summed E-state index contributed by atoms with van der Waals surface area (Å²) in [6.45, 7) is 6.17. The van der Waals surface area contributed by atoms with Crippen LogP contribution < -0.4 is 0 Å². The highest BCUT2D eigenvalue weighted by atomic mass is 16.3. The predicted molar refractivity (Wildman–Crippen MR) is 74.8 cm³/mol. The van der Waals surface area contributed by atoms with Crippen LogP contribution in [0.4, 0.5) is 0 Å². The fraction of sp³-hybridized carbons (Fsp3) is 0.375. The third-order valence-corrected chi connectivity index (χ3v) is 3.39. The molecule has 0 saturated carbocycles. The normalized spacial score (nSPS) is 13.2. The summed E-state index contributed by atoms with van der Waals surface area (Å²) < 4.78 is 0. The molecule has 2 N–H and O–H groups in total. The number of aromatic hydroxyl groups is 1. The average Bonchev–Trinajstić information content (AvgIpc) is 2.33. The molecule has 1 atom stereocenters. The first kappa shape index (κ1) is 12.9. The molecule has 96 valence electrons. The van der Waals surface area contributed by atoms with Gasteiger partial charge in [0.05, 0.1) is 6.10 Å². The van der Waals surface area contributed by atoms with Crippen LogP contribution in [0.2, 0.25) is 0 Å². The summed E-state index contributed by atoms with van der Waals surface area (Å²) in [5.74, 6) is 0.669. The number of aryl methyl sites for hydroxylation is 1. The van der Waals surface area contributed by atoms with Crippen molar-refractivity contribution in [3.8, 4) is 5.75 Å². The van der Waals surface area contributed by atoms with Gasteiger partial charge in [0, 0.05) is 5.39 Å². The summed E-state index contributed by atoms with van der Waals surface area (Å²) in [6, 6.07) is 9.44. The van der Waals surface area contributed by atoms with Crippen molar-refractivity contribution in [3.63, 3.8) is 0 Å². The van der Waals surface area contributed by atoms with Crippen LogP contribution in [-0.4, -0.2) is 10.2 Å². The maximum atomic E-state index is 10.2. The van der Waals surface area contributed by atoms with Gasteiger partial charge in [-0.05, 0) is 41.8 Å². The van der Waals surface area contributed by atoms with Crippen molar-refractivity contribution >= 4 is 10.8 Å². The Bertz CT molecular complexity index is 558. The summed E-state index contributed by atoms with van der Waals surface area (Å²) in [4.78, 5) is 0. The van der Waals surface area contributed by atoms with E-state index in [0.29, 0.717) is 12.3 Å². The Hall–Kier alpha value is -1.54. The number of benzene rings is 2. The van der Waals surface area contributed by atoms with Gasteiger partial charge in [-0.15, -0.1) is 0 Å². The zero-order valence-corrected chi connectivity index (χ0v) is 11.1. The molecule has 0 aliphatic heterocycles. The number of hydrogen-bond donors (Lipinski definition) is 2. The van der Waals surface area contributed by atoms with Crippen LogP contribution in [0.3, 0.4) is 0 Å². The van der Waals surface area contributed by atoms with E-state index in [1.807, 2.05) is 31.2 Å². The largest absolute Gasteiger partial charge is 0.507 e. The summed E-state index contributed by atoms with van der Waals surface area (Å²) in [6.07, 6.45) is 0.194. The minimum absolute atomic E-state index is 0.244. The first-order chi connectivity index (χ1) is 8.50. The highest BCUT2D eigenvalue weighted by Crippen LogP contribution is 2.34. The number of aliphatic hydroxyl groups is 1. The first-order valence-corrected chi connectivity index (χ1v) is 6.40. The zero-order chi connectivity index (χ0) is 13.3. The van der Waals surface area contributed by atoms with E-state index in [4.69, 9.17) is 0 Å². The molecule has 2 heteroatoms. The van der Waals surface area contributed by atoms with Gasteiger partial charge in [0.1, 0.15) is 5.75 Å². The van der Waals surface area contributed by atoms with E-state index in [2.05, 4.69) is 13.8 Å². The molecule has 2 aromatic rings. The Balaban J connectivity index is 2.56. The first-order valence-electron chi connectivity index (χ1n) is 6.40. The number of fused-ring (bicyclic) bond motifs is 1. The Labute approximate surface area is 108 Å². The van der Waals surface area contributed by atoms with Crippen molar-refractivity contribution in [2.45, 2.75) is 33.3 Å². The van der Waals surface area contributed by atoms with Crippen LogP contribution >= 0.6 is 0 Å². The number of phenols is 1. The zero-order valence-electron chi connectivity index (χ0n) is 11.1. The lowest BCUT2D eigenvalue weighted by molar-refractivity contribution is 0.150. The second-order valence-corrected chi connectivity index (χ2v) is 5.30. The minimum atomic E-state index is -0.513. The number of rotatable bonds is 3. The maximum Gasteiger partial charge on any atom is 0.123 e. The number of hydrogen-bond acceptors (Lipinski definition) is 2. The molecule has 0 aromatic heterocycles. The van der Waals surface area contributed by atoms with Gasteiger partial charge in [-0.2, -0.15) is 0 Å². The fourth-order valence-corrected chi connectivity index (χ4v) is 2.44. The van der Waals surface area contributed by atoms with Crippen molar-refractivity contribution in [1.82, 2.24) is 0 Å². The molecule has 0 amide bonds. The van der Waals surface area contributed by atoms with Crippen molar-refractivity contribution in [2.75, 3.05) is 0 Å². The molecule has 2 nitrogen and oxygen atoms in total. The van der Waals surface area contributed by atoms with E-state index in [1.54, 1.807) is 6.07 Å². The van der Waals surface area contributed by atoms with Crippen molar-refractivity contribution < 1.29 is 10.2 Å². The van der Waals surface area contributed by atoms with Crippen LogP contribution in [0, 0.1) is 12.8 Å². The SMILES string of the molecule is Cc1c(C(O)CC(C)C)cc(O)c2ccccc12. The summed E-state index contributed by atoms with van der Waals surface area (Å²) in [5.41, 5.74) is 1.89. The lowest BCUT2D eigenvalue weighted by atomic mass is 9.92. The molecule has 18 heavy (non-hydrogen) atoms. The van der Waals surface area contributed by atoms with Gasteiger partial charge in [0.15, 0.2) is 0 Å². The van der Waals surface area contributed by atoms with Gasteiger partial charge in [0.25, 0.3) is 0 Å². The van der Waals surface area contributed by atoms with E-state index >= 15 is 0 Å². The van der Waals surface area contributed by atoms with E-state index in [-0.39, 0.29) is 5.75 Å². The number of aliphatic hydroxyl groups excluding tert-OH is 1. The quantitative estimate of drug-likeness (QED) is 0.858. The van der Waals surface area contributed by atoms with E-state index in [0.717, 1.165) is 21.9 Å². The lowest BCUT2D eigenvalue weighted by Crippen LogP contribution is -2.04. The highest BCUT2D eigenvalue weighted by Gasteiger charge is 2.16. The van der Waals surface area contributed by atoms with Gasteiger partial charge in [-0.3, -0.25) is 0 Å². The van der Waals surface area contributed by atoms with Gasteiger partial charge in [-0.25, -0.2) is 0 Å². The summed E-state index contributed by atoms with van der Waals surface area (Å²) in [5, 5.41) is 22.1. The molecule has 1 unspecified atom stereocenters. The van der Waals surface area contributed by atoms with Crippen LogP contribution in [0.25, 0.3) is 10.8 Å². The molecule has 0 saturated heterocycles. The highest BCUT2D eigenvalue weighted by molar-refractivity contribution is 5.91. The van der Waals surface area contributed by atoms with Crippen LogP contribution in [0.15, 0.2) is 30.3 Å².